The highest BCUT2D eigenvalue weighted by Gasteiger charge is 2.00. The number of halogens is 2. The molecule has 0 bridgehead atoms. The van der Waals surface area contributed by atoms with Crippen LogP contribution in [-0.4, -0.2) is 5.12 Å². The van der Waals surface area contributed by atoms with Gasteiger partial charge in [0, 0.05) is 12.7 Å². The molecule has 0 radical (unpaired) electrons. The summed E-state index contributed by atoms with van der Waals surface area (Å²) in [4.78, 5) is 10.7. The summed E-state index contributed by atoms with van der Waals surface area (Å²) in [5.74, 6) is 0.645. The average molecular weight is 235 g/mol. The molecule has 1 nitrogen and oxygen atoms in total. The maximum atomic E-state index is 10.7. The van der Waals surface area contributed by atoms with Crippen LogP contribution in [0.5, 0.6) is 0 Å². The lowest BCUT2D eigenvalue weighted by Gasteiger charge is -2.00. The Labute approximate surface area is 91.4 Å². The minimum Gasteiger partial charge on any atom is -0.288 e. The number of carbonyl (C=O) groups excluding carboxylic acids is 1. The summed E-state index contributed by atoms with van der Waals surface area (Å²) >= 11 is 12.8. The first-order valence-electron chi connectivity index (χ1n) is 3.67. The minimum atomic E-state index is 0.103. The summed E-state index contributed by atoms with van der Waals surface area (Å²) in [6.45, 7) is 1.54. The van der Waals surface area contributed by atoms with Gasteiger partial charge in [-0.05, 0) is 17.7 Å². The Hall–Kier alpha value is -0.180. The van der Waals surface area contributed by atoms with Gasteiger partial charge in [-0.3, -0.25) is 4.79 Å². The fourth-order valence-corrected chi connectivity index (χ4v) is 1.68. The SMILES string of the molecule is CC(=O)SCc1ccc(Cl)c(Cl)c1. The molecule has 0 N–H and O–H groups in total. The molecule has 1 aromatic carbocycles. The fourth-order valence-electron chi connectivity index (χ4n) is 0.814. The molecule has 0 spiro atoms. The van der Waals surface area contributed by atoms with Crippen molar-refractivity contribution in [2.45, 2.75) is 12.7 Å². The van der Waals surface area contributed by atoms with E-state index in [9.17, 15) is 4.79 Å². The van der Waals surface area contributed by atoms with Crippen LogP contribution in [0, 0.1) is 0 Å². The molecule has 0 saturated carbocycles. The summed E-state index contributed by atoms with van der Waals surface area (Å²) < 4.78 is 0. The van der Waals surface area contributed by atoms with Crippen LogP contribution in [0.1, 0.15) is 12.5 Å². The van der Waals surface area contributed by atoms with Gasteiger partial charge in [-0.2, -0.15) is 0 Å². The number of thioether (sulfide) groups is 1. The van der Waals surface area contributed by atoms with Crippen molar-refractivity contribution in [1.82, 2.24) is 0 Å². The van der Waals surface area contributed by atoms with E-state index < -0.39 is 0 Å². The van der Waals surface area contributed by atoms with E-state index in [1.165, 1.54) is 11.8 Å². The topological polar surface area (TPSA) is 17.1 Å². The van der Waals surface area contributed by atoms with Gasteiger partial charge in [0.25, 0.3) is 0 Å². The summed E-state index contributed by atoms with van der Waals surface area (Å²) in [5.41, 5.74) is 1.01. The summed E-state index contributed by atoms with van der Waals surface area (Å²) in [5, 5.41) is 1.17. The van der Waals surface area contributed by atoms with Crippen LogP contribution in [-0.2, 0) is 10.5 Å². The number of rotatable bonds is 2. The Morgan fingerprint density at radius 1 is 1.38 bits per heavy atom. The van der Waals surface area contributed by atoms with Gasteiger partial charge in [-0.15, -0.1) is 0 Å². The zero-order valence-electron chi connectivity index (χ0n) is 7.01. The normalized spacial score (nSPS) is 10.1. The van der Waals surface area contributed by atoms with E-state index in [0.717, 1.165) is 5.56 Å². The van der Waals surface area contributed by atoms with Crippen molar-refractivity contribution >= 4 is 40.1 Å². The van der Waals surface area contributed by atoms with Gasteiger partial charge in [-0.25, -0.2) is 0 Å². The first-order chi connectivity index (χ1) is 6.09. The van der Waals surface area contributed by atoms with Gasteiger partial charge in [0.2, 0.25) is 0 Å². The predicted molar refractivity (Wildman–Crippen MR) is 58.4 cm³/mol. The van der Waals surface area contributed by atoms with Crippen LogP contribution in [0.2, 0.25) is 10.0 Å². The van der Waals surface area contributed by atoms with E-state index in [2.05, 4.69) is 0 Å². The zero-order valence-corrected chi connectivity index (χ0v) is 9.34. The standard InChI is InChI=1S/C9H8Cl2OS/c1-6(12)13-5-7-2-3-8(10)9(11)4-7/h2-4H,5H2,1H3. The maximum absolute atomic E-state index is 10.7. The number of hydrogen-bond acceptors (Lipinski definition) is 2. The molecule has 1 aromatic rings. The lowest BCUT2D eigenvalue weighted by Crippen LogP contribution is -1.85. The minimum absolute atomic E-state index is 0.103. The Morgan fingerprint density at radius 2 is 2.08 bits per heavy atom. The quantitative estimate of drug-likeness (QED) is 0.776. The van der Waals surface area contributed by atoms with Crippen molar-refractivity contribution in [3.63, 3.8) is 0 Å². The molecule has 0 atom stereocenters. The van der Waals surface area contributed by atoms with Gasteiger partial charge in [0.1, 0.15) is 0 Å². The van der Waals surface area contributed by atoms with E-state index in [1.807, 2.05) is 6.07 Å². The monoisotopic (exact) mass is 234 g/mol. The van der Waals surface area contributed by atoms with Gasteiger partial charge < -0.3 is 0 Å². The second-order valence-electron chi connectivity index (χ2n) is 2.53. The molecule has 0 saturated heterocycles. The van der Waals surface area contributed by atoms with E-state index in [-0.39, 0.29) is 5.12 Å². The molecule has 0 aliphatic heterocycles. The third kappa shape index (κ3) is 3.59. The predicted octanol–water partition coefficient (Wildman–Crippen LogP) is 3.77. The number of hydrogen-bond donors (Lipinski definition) is 0. The summed E-state index contributed by atoms with van der Waals surface area (Å²) in [6.07, 6.45) is 0. The van der Waals surface area contributed by atoms with Crippen molar-refractivity contribution < 1.29 is 4.79 Å². The first kappa shape index (κ1) is 10.9. The van der Waals surface area contributed by atoms with Crippen LogP contribution >= 0.6 is 35.0 Å². The fraction of sp³-hybridized carbons (Fsp3) is 0.222. The van der Waals surface area contributed by atoms with Crippen molar-refractivity contribution in [2.75, 3.05) is 0 Å². The molecule has 0 heterocycles. The van der Waals surface area contributed by atoms with Crippen LogP contribution in [0.4, 0.5) is 0 Å². The van der Waals surface area contributed by atoms with E-state index in [1.54, 1.807) is 19.1 Å². The molecule has 0 fully saturated rings. The lowest BCUT2D eigenvalue weighted by molar-refractivity contribution is -0.109. The zero-order chi connectivity index (χ0) is 9.84. The lowest BCUT2D eigenvalue weighted by atomic mass is 10.2. The molecule has 0 amide bonds. The third-order valence-electron chi connectivity index (χ3n) is 1.43. The van der Waals surface area contributed by atoms with Crippen LogP contribution in [0.25, 0.3) is 0 Å². The Bertz CT molecular complexity index is 325. The molecular formula is C9H8Cl2OS. The number of carbonyl (C=O) groups is 1. The molecule has 0 aromatic heterocycles. The molecule has 70 valence electrons. The van der Waals surface area contributed by atoms with Crippen molar-refractivity contribution in [1.29, 1.82) is 0 Å². The van der Waals surface area contributed by atoms with Crippen LogP contribution in [0.15, 0.2) is 18.2 Å². The second-order valence-corrected chi connectivity index (χ2v) is 4.50. The molecule has 4 heteroatoms. The highest BCUT2D eigenvalue weighted by atomic mass is 35.5. The summed E-state index contributed by atoms with van der Waals surface area (Å²) in [7, 11) is 0. The average Bonchev–Trinajstić information content (AvgIpc) is 2.07. The largest absolute Gasteiger partial charge is 0.288 e. The molecule has 0 aliphatic carbocycles. The van der Waals surface area contributed by atoms with Gasteiger partial charge >= 0.3 is 0 Å². The van der Waals surface area contributed by atoms with Gasteiger partial charge in [-0.1, -0.05) is 41.0 Å². The Kier molecular flexibility index (Phi) is 4.10. The maximum Gasteiger partial charge on any atom is 0.186 e. The Balaban J connectivity index is 2.68. The van der Waals surface area contributed by atoms with Crippen molar-refractivity contribution in [3.8, 4) is 0 Å². The Morgan fingerprint density at radius 3 is 2.62 bits per heavy atom. The first-order valence-corrected chi connectivity index (χ1v) is 5.41. The molecule has 0 unspecified atom stereocenters. The van der Waals surface area contributed by atoms with Crippen LogP contribution in [0.3, 0.4) is 0 Å². The van der Waals surface area contributed by atoms with Gasteiger partial charge in [0.15, 0.2) is 5.12 Å². The highest BCUT2D eigenvalue weighted by Crippen LogP contribution is 2.24. The van der Waals surface area contributed by atoms with E-state index >= 15 is 0 Å². The molecule has 1 rings (SSSR count). The second kappa shape index (κ2) is 4.89. The smallest absolute Gasteiger partial charge is 0.186 e. The highest BCUT2D eigenvalue weighted by molar-refractivity contribution is 8.12. The van der Waals surface area contributed by atoms with E-state index in [0.29, 0.717) is 15.8 Å². The van der Waals surface area contributed by atoms with Crippen molar-refractivity contribution in [3.05, 3.63) is 33.8 Å². The number of benzene rings is 1. The van der Waals surface area contributed by atoms with E-state index in [4.69, 9.17) is 23.2 Å². The van der Waals surface area contributed by atoms with Gasteiger partial charge in [0.05, 0.1) is 10.0 Å². The molecule has 13 heavy (non-hydrogen) atoms. The van der Waals surface area contributed by atoms with Crippen LogP contribution < -0.4 is 0 Å². The molecule has 0 aliphatic rings. The van der Waals surface area contributed by atoms with Crippen molar-refractivity contribution in [2.24, 2.45) is 0 Å². The molecular weight excluding hydrogens is 227 g/mol. The third-order valence-corrected chi connectivity index (χ3v) is 3.05. The summed E-state index contributed by atoms with van der Waals surface area (Å²) in [6, 6.07) is 5.38.